The number of aryl methyl sites for hydroxylation is 1. The number of Topliss-reactive ketones (excluding diaryl/α,β-unsaturated/α-hetero) is 1. The van der Waals surface area contributed by atoms with Gasteiger partial charge in [-0.2, -0.15) is 0 Å². The van der Waals surface area contributed by atoms with Gasteiger partial charge in [0.2, 0.25) is 5.95 Å². The molecule has 94 valence electrons. The second kappa shape index (κ2) is 6.00. The first-order valence-electron chi connectivity index (χ1n) is 6.09. The van der Waals surface area contributed by atoms with Crippen molar-refractivity contribution in [1.82, 2.24) is 9.97 Å². The average Bonchev–Trinajstić information content (AvgIpc) is 2.85. The van der Waals surface area contributed by atoms with E-state index in [1.165, 1.54) is 12.5 Å². The van der Waals surface area contributed by atoms with Gasteiger partial charge in [-0.25, -0.2) is 4.98 Å². The maximum absolute atomic E-state index is 11.1. The summed E-state index contributed by atoms with van der Waals surface area (Å²) in [7, 11) is 0. The molecule has 0 amide bonds. The minimum absolute atomic E-state index is 0.000152. The number of carbonyl (C=O) groups excluding carboxylic acids is 1. The largest absolute Gasteiger partial charge is 0.356 e. The van der Waals surface area contributed by atoms with Gasteiger partial charge in [0, 0.05) is 13.5 Å². The number of rotatable bonds is 6. The van der Waals surface area contributed by atoms with E-state index in [1.54, 1.807) is 6.20 Å². The van der Waals surface area contributed by atoms with Crippen molar-refractivity contribution in [3.63, 3.8) is 0 Å². The van der Waals surface area contributed by atoms with Crippen molar-refractivity contribution in [2.45, 2.75) is 19.8 Å². The van der Waals surface area contributed by atoms with E-state index < -0.39 is 0 Å². The zero-order valence-corrected chi connectivity index (χ0v) is 10.4. The first-order valence-corrected chi connectivity index (χ1v) is 6.09. The van der Waals surface area contributed by atoms with Crippen LogP contribution in [0.2, 0.25) is 0 Å². The summed E-state index contributed by atoms with van der Waals surface area (Å²) in [5.41, 5.74) is 1.88. The predicted octanol–water partition coefficient (Wildman–Crippen LogP) is 2.66. The third kappa shape index (κ3) is 3.45. The summed E-state index contributed by atoms with van der Waals surface area (Å²) in [5, 5.41) is 3.17. The third-order valence-corrected chi connectivity index (χ3v) is 2.73. The van der Waals surface area contributed by atoms with Crippen molar-refractivity contribution in [3.05, 3.63) is 47.8 Å². The van der Waals surface area contributed by atoms with Crippen LogP contribution in [-0.4, -0.2) is 22.3 Å². The second-order valence-electron chi connectivity index (χ2n) is 4.22. The number of H-pyrrole nitrogens is 1. The highest BCUT2D eigenvalue weighted by Crippen LogP contribution is 2.05. The Morgan fingerprint density at radius 3 is 2.78 bits per heavy atom. The first-order chi connectivity index (χ1) is 8.75. The lowest BCUT2D eigenvalue weighted by molar-refractivity contribution is 0.101. The summed E-state index contributed by atoms with van der Waals surface area (Å²) in [5.74, 6) is 0.660. The fraction of sp³-hybridized carbons (Fsp3) is 0.286. The van der Waals surface area contributed by atoms with E-state index in [2.05, 4.69) is 39.6 Å². The van der Waals surface area contributed by atoms with Crippen molar-refractivity contribution in [2.75, 3.05) is 11.9 Å². The van der Waals surface area contributed by atoms with Gasteiger partial charge < -0.3 is 10.3 Å². The molecule has 1 aromatic carbocycles. The van der Waals surface area contributed by atoms with Crippen LogP contribution in [0.1, 0.15) is 29.4 Å². The zero-order chi connectivity index (χ0) is 12.8. The molecule has 0 aliphatic rings. The number of hydrogen-bond donors (Lipinski definition) is 2. The van der Waals surface area contributed by atoms with Crippen LogP contribution in [0.3, 0.4) is 0 Å². The van der Waals surface area contributed by atoms with Crippen LogP contribution in [0.4, 0.5) is 5.95 Å². The van der Waals surface area contributed by atoms with Gasteiger partial charge in [0.15, 0.2) is 5.78 Å². The number of hydrogen-bond acceptors (Lipinski definition) is 3. The van der Waals surface area contributed by atoms with Gasteiger partial charge in [0.1, 0.15) is 5.69 Å². The van der Waals surface area contributed by atoms with Crippen LogP contribution < -0.4 is 5.32 Å². The van der Waals surface area contributed by atoms with Crippen molar-refractivity contribution in [2.24, 2.45) is 0 Å². The number of aromatic amines is 1. The molecule has 0 saturated carbocycles. The summed E-state index contributed by atoms with van der Waals surface area (Å²) in [6.45, 7) is 2.35. The summed E-state index contributed by atoms with van der Waals surface area (Å²) < 4.78 is 0. The van der Waals surface area contributed by atoms with Crippen molar-refractivity contribution < 1.29 is 4.79 Å². The monoisotopic (exact) mass is 243 g/mol. The van der Waals surface area contributed by atoms with Crippen LogP contribution in [0.5, 0.6) is 0 Å². The van der Waals surface area contributed by atoms with Gasteiger partial charge in [-0.05, 0) is 18.4 Å². The number of benzene rings is 1. The summed E-state index contributed by atoms with van der Waals surface area (Å²) in [6, 6.07) is 10.4. The molecule has 1 aromatic heterocycles. The zero-order valence-electron chi connectivity index (χ0n) is 10.4. The molecule has 2 rings (SSSR count). The van der Waals surface area contributed by atoms with E-state index in [9.17, 15) is 4.79 Å². The molecule has 0 unspecified atom stereocenters. The third-order valence-electron chi connectivity index (χ3n) is 2.73. The van der Waals surface area contributed by atoms with E-state index >= 15 is 0 Å². The number of anilines is 1. The standard InChI is InChI=1S/C14H17N3O/c1-11(18)13-10-16-14(17-13)15-9-5-8-12-6-3-2-4-7-12/h2-4,6-7,10H,5,8-9H2,1H3,(H2,15,16,17). The van der Waals surface area contributed by atoms with Gasteiger partial charge in [0.25, 0.3) is 0 Å². The molecule has 4 nitrogen and oxygen atoms in total. The van der Waals surface area contributed by atoms with Crippen LogP contribution in [0.25, 0.3) is 0 Å². The van der Waals surface area contributed by atoms with E-state index in [0.29, 0.717) is 11.6 Å². The fourth-order valence-electron chi connectivity index (χ4n) is 1.73. The number of imidazole rings is 1. The summed E-state index contributed by atoms with van der Waals surface area (Å²) in [4.78, 5) is 18.1. The molecule has 0 aliphatic carbocycles. The van der Waals surface area contributed by atoms with Gasteiger partial charge in [-0.3, -0.25) is 4.79 Å². The molecule has 1 heterocycles. The molecular formula is C14H17N3O. The molecule has 0 saturated heterocycles. The van der Waals surface area contributed by atoms with Crippen LogP contribution in [-0.2, 0) is 6.42 Å². The normalized spacial score (nSPS) is 10.3. The van der Waals surface area contributed by atoms with Gasteiger partial charge in [-0.1, -0.05) is 30.3 Å². The maximum Gasteiger partial charge on any atom is 0.200 e. The Morgan fingerprint density at radius 2 is 2.11 bits per heavy atom. The van der Waals surface area contributed by atoms with Crippen LogP contribution >= 0.6 is 0 Å². The highest BCUT2D eigenvalue weighted by molar-refractivity contribution is 5.92. The predicted molar refractivity (Wildman–Crippen MR) is 71.8 cm³/mol. The minimum Gasteiger partial charge on any atom is -0.356 e. The Bertz CT molecular complexity index is 505. The highest BCUT2D eigenvalue weighted by atomic mass is 16.1. The molecular weight excluding hydrogens is 226 g/mol. The highest BCUT2D eigenvalue weighted by Gasteiger charge is 2.03. The lowest BCUT2D eigenvalue weighted by Crippen LogP contribution is -2.04. The number of nitrogens with zero attached hydrogens (tertiary/aromatic N) is 1. The molecule has 0 aliphatic heterocycles. The Balaban J connectivity index is 1.73. The van der Waals surface area contributed by atoms with Crippen molar-refractivity contribution in [3.8, 4) is 0 Å². The Labute approximate surface area is 106 Å². The topological polar surface area (TPSA) is 57.8 Å². The second-order valence-corrected chi connectivity index (χ2v) is 4.22. The lowest BCUT2D eigenvalue weighted by Gasteiger charge is -2.03. The first kappa shape index (κ1) is 12.4. The number of nitrogens with one attached hydrogen (secondary N) is 2. The Morgan fingerprint density at radius 1 is 1.33 bits per heavy atom. The molecule has 0 fully saturated rings. The average molecular weight is 243 g/mol. The maximum atomic E-state index is 11.1. The quantitative estimate of drug-likeness (QED) is 0.605. The smallest absolute Gasteiger partial charge is 0.200 e. The van der Waals surface area contributed by atoms with E-state index in [1.807, 2.05) is 6.07 Å². The lowest BCUT2D eigenvalue weighted by atomic mass is 10.1. The Kier molecular flexibility index (Phi) is 4.12. The fourth-order valence-corrected chi connectivity index (χ4v) is 1.73. The van der Waals surface area contributed by atoms with E-state index in [4.69, 9.17) is 0 Å². The molecule has 0 spiro atoms. The summed E-state index contributed by atoms with van der Waals surface area (Å²) in [6.07, 6.45) is 3.62. The molecule has 0 atom stereocenters. The number of aromatic nitrogens is 2. The summed E-state index contributed by atoms with van der Waals surface area (Å²) >= 11 is 0. The molecule has 18 heavy (non-hydrogen) atoms. The number of carbonyl (C=O) groups is 1. The van der Waals surface area contributed by atoms with Gasteiger partial charge >= 0.3 is 0 Å². The van der Waals surface area contributed by atoms with Crippen LogP contribution in [0.15, 0.2) is 36.5 Å². The van der Waals surface area contributed by atoms with Crippen molar-refractivity contribution >= 4 is 11.7 Å². The molecule has 4 heteroatoms. The minimum atomic E-state index is -0.000152. The Hall–Kier alpha value is -2.10. The molecule has 2 N–H and O–H groups in total. The molecule has 0 radical (unpaired) electrons. The SMILES string of the molecule is CC(=O)c1cnc(NCCCc2ccccc2)[nH]1. The molecule has 2 aromatic rings. The molecule has 0 bridgehead atoms. The van der Waals surface area contributed by atoms with E-state index in [-0.39, 0.29) is 5.78 Å². The van der Waals surface area contributed by atoms with Gasteiger partial charge in [0.05, 0.1) is 6.20 Å². The van der Waals surface area contributed by atoms with Gasteiger partial charge in [-0.15, -0.1) is 0 Å². The number of ketones is 1. The van der Waals surface area contributed by atoms with E-state index in [0.717, 1.165) is 19.4 Å². The van der Waals surface area contributed by atoms with Crippen LogP contribution in [0, 0.1) is 0 Å². The van der Waals surface area contributed by atoms with Crippen molar-refractivity contribution in [1.29, 1.82) is 0 Å².